The highest BCUT2D eigenvalue weighted by atomic mass is 35.5. The zero-order valence-corrected chi connectivity index (χ0v) is 15.2. The summed E-state index contributed by atoms with van der Waals surface area (Å²) in [6.07, 6.45) is 0. The summed E-state index contributed by atoms with van der Waals surface area (Å²) in [5.41, 5.74) is 6.62. The fourth-order valence-electron chi connectivity index (χ4n) is 1.64. The zero-order valence-electron chi connectivity index (χ0n) is 12.8. The number of amides is 1. The molecule has 0 bridgehead atoms. The molecule has 7 nitrogen and oxygen atoms in total. The van der Waals surface area contributed by atoms with Crippen LogP contribution in [-0.2, 0) is 14.3 Å². The minimum atomic E-state index is -0.782. The largest absolute Gasteiger partial charge is 0.465 e. The highest BCUT2D eigenvalue weighted by Crippen LogP contribution is 2.26. The number of nitrogens with two attached hydrogens (primary N) is 1. The minimum Gasteiger partial charge on any atom is -0.465 e. The van der Waals surface area contributed by atoms with Gasteiger partial charge in [0.05, 0.1) is 12.4 Å². The first-order valence-electron chi connectivity index (χ1n) is 6.83. The molecule has 2 rings (SSSR count). The van der Waals surface area contributed by atoms with Gasteiger partial charge in [0.2, 0.25) is 11.0 Å². The first kappa shape index (κ1) is 20.4. The zero-order chi connectivity index (χ0) is 16.7. The summed E-state index contributed by atoms with van der Waals surface area (Å²) in [6.45, 7) is 2.09. The maximum absolute atomic E-state index is 12.1. The Kier molecular flexibility index (Phi) is 8.69. The number of hydrogen-bond donors (Lipinski definition) is 2. The van der Waals surface area contributed by atoms with E-state index >= 15 is 0 Å². The topological polar surface area (TPSA) is 107 Å². The Morgan fingerprint density at radius 3 is 2.71 bits per heavy atom. The Balaban J connectivity index is 0.00000288. The van der Waals surface area contributed by atoms with Crippen molar-refractivity contribution in [1.82, 2.24) is 10.2 Å². The predicted octanol–water partition coefficient (Wildman–Crippen LogP) is 2.25. The second kappa shape index (κ2) is 10.2. The summed E-state index contributed by atoms with van der Waals surface area (Å²) in [6, 6.07) is 8.27. The molecule has 2 aromatic rings. The molecule has 130 valence electrons. The summed E-state index contributed by atoms with van der Waals surface area (Å²) in [7, 11) is 0. The fraction of sp³-hybridized carbons (Fsp3) is 0.286. The van der Waals surface area contributed by atoms with Crippen LogP contribution in [0.2, 0.25) is 0 Å². The molecule has 0 saturated heterocycles. The Bertz CT molecular complexity index is 669. The number of rotatable bonds is 7. The molecule has 3 N–H and O–H groups in total. The van der Waals surface area contributed by atoms with E-state index in [1.54, 1.807) is 19.1 Å². The van der Waals surface area contributed by atoms with Crippen LogP contribution in [0.5, 0.6) is 0 Å². The monoisotopic (exact) mass is 388 g/mol. The molecule has 0 aliphatic rings. The smallest absolute Gasteiger partial charge is 0.316 e. The van der Waals surface area contributed by atoms with Crippen molar-refractivity contribution in [2.45, 2.75) is 17.3 Å². The van der Waals surface area contributed by atoms with Crippen molar-refractivity contribution in [3.63, 3.8) is 0 Å². The maximum atomic E-state index is 12.1. The van der Waals surface area contributed by atoms with Gasteiger partial charge in [-0.3, -0.25) is 14.9 Å². The van der Waals surface area contributed by atoms with Crippen molar-refractivity contribution in [2.24, 2.45) is 5.73 Å². The standard InChI is InChI=1S/C14H16N4O3S2.ClH/c1-2-21-10(19)8-22-14-18-17-13(23-14)16-12(20)11(15)9-6-4-3-5-7-9;/h3-7,11H,2,8,15H2,1H3,(H,16,17,20);1H. The summed E-state index contributed by atoms with van der Waals surface area (Å²) < 4.78 is 5.40. The predicted molar refractivity (Wildman–Crippen MR) is 96.5 cm³/mol. The Morgan fingerprint density at radius 1 is 1.33 bits per heavy atom. The Hall–Kier alpha value is -1.68. The number of nitrogens with zero attached hydrogens (tertiary/aromatic N) is 2. The van der Waals surface area contributed by atoms with Crippen molar-refractivity contribution >= 4 is 52.5 Å². The van der Waals surface area contributed by atoms with Crippen LogP contribution < -0.4 is 11.1 Å². The van der Waals surface area contributed by atoms with Gasteiger partial charge in [0.25, 0.3) is 0 Å². The second-order valence-electron chi connectivity index (χ2n) is 4.34. The molecule has 10 heteroatoms. The van der Waals surface area contributed by atoms with Gasteiger partial charge in [-0.1, -0.05) is 53.4 Å². The molecule has 1 aromatic heterocycles. The number of anilines is 1. The molecule has 1 atom stereocenters. The number of carbonyl (C=O) groups is 2. The van der Waals surface area contributed by atoms with Crippen LogP contribution in [0.15, 0.2) is 34.7 Å². The highest BCUT2D eigenvalue weighted by molar-refractivity contribution is 8.01. The van der Waals surface area contributed by atoms with Gasteiger partial charge in [0, 0.05) is 0 Å². The summed E-state index contributed by atoms with van der Waals surface area (Å²) in [5, 5.41) is 10.7. The molecular formula is C14H17ClN4O3S2. The van der Waals surface area contributed by atoms with Gasteiger partial charge in [0.1, 0.15) is 6.04 Å². The van der Waals surface area contributed by atoms with Crippen molar-refractivity contribution in [2.75, 3.05) is 17.7 Å². The molecule has 0 spiro atoms. The third-order valence-electron chi connectivity index (χ3n) is 2.70. The lowest BCUT2D eigenvalue weighted by molar-refractivity contribution is -0.139. The number of carbonyl (C=O) groups excluding carboxylic acids is 2. The van der Waals surface area contributed by atoms with E-state index in [-0.39, 0.29) is 30.0 Å². The summed E-state index contributed by atoms with van der Waals surface area (Å²) >= 11 is 2.39. The number of nitrogens with one attached hydrogen (secondary N) is 1. The molecule has 1 unspecified atom stereocenters. The van der Waals surface area contributed by atoms with Gasteiger partial charge >= 0.3 is 5.97 Å². The third-order valence-corrected chi connectivity index (χ3v) is 4.64. The van der Waals surface area contributed by atoms with Crippen LogP contribution in [0.1, 0.15) is 18.5 Å². The van der Waals surface area contributed by atoms with Gasteiger partial charge in [-0.25, -0.2) is 0 Å². The van der Waals surface area contributed by atoms with Gasteiger partial charge < -0.3 is 10.5 Å². The normalized spacial score (nSPS) is 11.2. The van der Waals surface area contributed by atoms with Crippen molar-refractivity contribution in [3.8, 4) is 0 Å². The number of halogens is 1. The minimum absolute atomic E-state index is 0. The molecular weight excluding hydrogens is 372 g/mol. The summed E-state index contributed by atoms with van der Waals surface area (Å²) in [4.78, 5) is 23.4. The molecule has 0 aliphatic carbocycles. The van der Waals surface area contributed by atoms with E-state index in [1.165, 1.54) is 23.1 Å². The Morgan fingerprint density at radius 2 is 2.04 bits per heavy atom. The number of ether oxygens (including phenoxy) is 1. The second-order valence-corrected chi connectivity index (χ2v) is 6.54. The lowest BCUT2D eigenvalue weighted by atomic mass is 10.1. The fourth-order valence-corrected chi connectivity index (χ4v) is 3.19. The van der Waals surface area contributed by atoms with E-state index < -0.39 is 6.04 Å². The molecule has 0 aliphatic heterocycles. The van der Waals surface area contributed by atoms with E-state index in [2.05, 4.69) is 15.5 Å². The van der Waals surface area contributed by atoms with Crippen molar-refractivity contribution in [3.05, 3.63) is 35.9 Å². The van der Waals surface area contributed by atoms with Crippen molar-refractivity contribution in [1.29, 1.82) is 0 Å². The van der Waals surface area contributed by atoms with Gasteiger partial charge in [-0.2, -0.15) is 0 Å². The number of esters is 1. The van der Waals surface area contributed by atoms with Crippen molar-refractivity contribution < 1.29 is 14.3 Å². The average Bonchev–Trinajstić information content (AvgIpc) is 3.01. The van der Waals surface area contributed by atoms with E-state index in [1.807, 2.05) is 18.2 Å². The lowest BCUT2D eigenvalue weighted by Gasteiger charge is -2.10. The average molecular weight is 389 g/mol. The number of hydrogen-bond acceptors (Lipinski definition) is 8. The van der Waals surface area contributed by atoms with E-state index in [0.29, 0.717) is 21.6 Å². The molecule has 0 radical (unpaired) electrons. The van der Waals surface area contributed by atoms with Crippen LogP contribution >= 0.6 is 35.5 Å². The van der Waals surface area contributed by atoms with Gasteiger partial charge in [-0.05, 0) is 12.5 Å². The van der Waals surface area contributed by atoms with Crippen LogP contribution in [0.3, 0.4) is 0 Å². The van der Waals surface area contributed by atoms with E-state index in [9.17, 15) is 9.59 Å². The third kappa shape index (κ3) is 6.08. The molecule has 1 amide bonds. The number of aromatic nitrogens is 2. The number of thioether (sulfide) groups is 1. The first-order chi connectivity index (χ1) is 11.1. The maximum Gasteiger partial charge on any atom is 0.316 e. The van der Waals surface area contributed by atoms with Crippen LogP contribution in [0, 0.1) is 0 Å². The van der Waals surface area contributed by atoms with Crippen LogP contribution in [0.4, 0.5) is 5.13 Å². The highest BCUT2D eigenvalue weighted by Gasteiger charge is 2.17. The van der Waals surface area contributed by atoms with Gasteiger partial charge in [-0.15, -0.1) is 22.6 Å². The molecule has 0 fully saturated rings. The Labute approximate surface area is 153 Å². The van der Waals surface area contributed by atoms with Crippen LogP contribution in [0.25, 0.3) is 0 Å². The quantitative estimate of drug-likeness (QED) is 0.425. The molecule has 0 saturated carbocycles. The first-order valence-corrected chi connectivity index (χ1v) is 8.63. The van der Waals surface area contributed by atoms with Gasteiger partial charge in [0.15, 0.2) is 4.34 Å². The molecule has 1 aromatic carbocycles. The molecule has 1 heterocycles. The summed E-state index contributed by atoms with van der Waals surface area (Å²) in [5.74, 6) is -0.529. The SMILES string of the molecule is CCOC(=O)CSc1nnc(NC(=O)C(N)c2ccccc2)s1.Cl. The number of benzene rings is 1. The van der Waals surface area contributed by atoms with Crippen LogP contribution in [-0.4, -0.2) is 34.4 Å². The van der Waals surface area contributed by atoms with E-state index in [0.717, 1.165) is 0 Å². The molecule has 24 heavy (non-hydrogen) atoms. The lowest BCUT2D eigenvalue weighted by Crippen LogP contribution is -2.27. The van der Waals surface area contributed by atoms with E-state index in [4.69, 9.17) is 10.5 Å².